The van der Waals surface area contributed by atoms with Gasteiger partial charge in [-0.3, -0.25) is 4.79 Å². The van der Waals surface area contributed by atoms with E-state index in [0.29, 0.717) is 19.0 Å². The van der Waals surface area contributed by atoms with E-state index in [1.807, 2.05) is 17.0 Å². The largest absolute Gasteiger partial charge is 0.508 e. The molecule has 0 radical (unpaired) electrons. The molecule has 3 aromatic rings. The molecule has 1 amide bonds. The molecule has 1 heterocycles. The Hall–Kier alpha value is -2.75. The SMILES string of the molecule is Cc1[nH]c2c(C)ccc(C)c2c1CC(=O)N(Cc1cccc(O)c1)C1CC1. The summed E-state index contributed by atoms with van der Waals surface area (Å²) in [4.78, 5) is 18.7. The summed E-state index contributed by atoms with van der Waals surface area (Å²) in [5.41, 5.74) is 6.70. The Labute approximate surface area is 159 Å². The van der Waals surface area contributed by atoms with Crippen LogP contribution in [0.5, 0.6) is 5.75 Å². The molecular weight excluding hydrogens is 336 g/mol. The fourth-order valence-corrected chi connectivity index (χ4v) is 3.94. The van der Waals surface area contributed by atoms with E-state index in [1.54, 1.807) is 12.1 Å². The summed E-state index contributed by atoms with van der Waals surface area (Å²) in [7, 11) is 0. The number of aryl methyl sites for hydroxylation is 3. The monoisotopic (exact) mass is 362 g/mol. The number of hydrogen-bond donors (Lipinski definition) is 2. The molecule has 0 bridgehead atoms. The molecular formula is C23H26N2O2. The highest BCUT2D eigenvalue weighted by atomic mass is 16.3. The van der Waals surface area contributed by atoms with Crippen LogP contribution in [0.1, 0.15) is 40.8 Å². The highest BCUT2D eigenvalue weighted by Gasteiger charge is 2.33. The third-order valence-electron chi connectivity index (χ3n) is 5.59. The van der Waals surface area contributed by atoms with Crippen LogP contribution in [0.4, 0.5) is 0 Å². The van der Waals surface area contributed by atoms with Gasteiger partial charge in [-0.1, -0.05) is 24.3 Å². The average Bonchev–Trinajstić information content (AvgIpc) is 3.41. The van der Waals surface area contributed by atoms with Crippen molar-refractivity contribution in [1.29, 1.82) is 0 Å². The summed E-state index contributed by atoms with van der Waals surface area (Å²) in [6.07, 6.45) is 2.54. The van der Waals surface area contributed by atoms with Crippen molar-refractivity contribution in [3.8, 4) is 5.75 Å². The molecule has 1 aromatic heterocycles. The number of phenolic OH excluding ortho intramolecular Hbond substituents is 1. The minimum atomic E-state index is 0.158. The van der Waals surface area contributed by atoms with Crippen molar-refractivity contribution in [3.05, 3.63) is 64.3 Å². The number of carbonyl (C=O) groups excluding carboxylic acids is 1. The smallest absolute Gasteiger partial charge is 0.227 e. The number of hydrogen-bond acceptors (Lipinski definition) is 2. The van der Waals surface area contributed by atoms with Gasteiger partial charge in [0, 0.05) is 29.2 Å². The van der Waals surface area contributed by atoms with Crippen molar-refractivity contribution in [2.45, 2.75) is 52.6 Å². The van der Waals surface area contributed by atoms with Gasteiger partial charge >= 0.3 is 0 Å². The maximum atomic E-state index is 13.2. The topological polar surface area (TPSA) is 56.3 Å². The molecule has 0 saturated heterocycles. The van der Waals surface area contributed by atoms with Crippen molar-refractivity contribution >= 4 is 16.8 Å². The van der Waals surface area contributed by atoms with Gasteiger partial charge in [0.25, 0.3) is 0 Å². The van der Waals surface area contributed by atoms with Crippen molar-refractivity contribution in [1.82, 2.24) is 9.88 Å². The molecule has 140 valence electrons. The zero-order valence-corrected chi connectivity index (χ0v) is 16.2. The molecule has 2 N–H and O–H groups in total. The Morgan fingerprint density at radius 2 is 1.89 bits per heavy atom. The lowest BCUT2D eigenvalue weighted by Crippen LogP contribution is -2.33. The zero-order valence-electron chi connectivity index (χ0n) is 16.2. The molecule has 1 fully saturated rings. The summed E-state index contributed by atoms with van der Waals surface area (Å²) in [6, 6.07) is 11.8. The summed E-state index contributed by atoms with van der Waals surface area (Å²) >= 11 is 0. The predicted molar refractivity (Wildman–Crippen MR) is 108 cm³/mol. The second kappa shape index (κ2) is 6.76. The normalized spacial score (nSPS) is 13.9. The van der Waals surface area contributed by atoms with Crippen LogP contribution in [-0.4, -0.2) is 26.9 Å². The molecule has 1 saturated carbocycles. The molecule has 2 aromatic carbocycles. The van der Waals surface area contributed by atoms with Gasteiger partial charge in [0.1, 0.15) is 5.75 Å². The summed E-state index contributed by atoms with van der Waals surface area (Å²) in [5.74, 6) is 0.403. The molecule has 27 heavy (non-hydrogen) atoms. The Bertz CT molecular complexity index is 1010. The number of H-pyrrole nitrogens is 1. The van der Waals surface area contributed by atoms with Crippen LogP contribution >= 0.6 is 0 Å². The average molecular weight is 362 g/mol. The van der Waals surface area contributed by atoms with Gasteiger partial charge in [-0.15, -0.1) is 0 Å². The first-order valence-corrected chi connectivity index (χ1v) is 9.58. The predicted octanol–water partition coefficient (Wildman–Crippen LogP) is 4.53. The van der Waals surface area contributed by atoms with Crippen LogP contribution in [0.2, 0.25) is 0 Å². The third-order valence-corrected chi connectivity index (χ3v) is 5.59. The first-order valence-electron chi connectivity index (χ1n) is 9.58. The number of aromatic nitrogens is 1. The van der Waals surface area contributed by atoms with E-state index in [2.05, 4.69) is 37.9 Å². The van der Waals surface area contributed by atoms with Gasteiger partial charge in [0.2, 0.25) is 5.91 Å². The van der Waals surface area contributed by atoms with Crippen molar-refractivity contribution in [3.63, 3.8) is 0 Å². The molecule has 4 nitrogen and oxygen atoms in total. The molecule has 1 aliphatic rings. The number of carbonyl (C=O) groups is 1. The van der Waals surface area contributed by atoms with Gasteiger partial charge in [0.15, 0.2) is 0 Å². The Morgan fingerprint density at radius 3 is 2.59 bits per heavy atom. The summed E-state index contributed by atoms with van der Waals surface area (Å²) in [6.45, 7) is 6.81. The van der Waals surface area contributed by atoms with Crippen molar-refractivity contribution in [2.75, 3.05) is 0 Å². The fraction of sp³-hybridized carbons (Fsp3) is 0.348. The molecule has 0 spiro atoms. The van der Waals surface area contributed by atoms with Gasteiger partial charge < -0.3 is 15.0 Å². The Kier molecular flexibility index (Phi) is 4.42. The Morgan fingerprint density at radius 1 is 1.15 bits per heavy atom. The molecule has 0 aliphatic heterocycles. The van der Waals surface area contributed by atoms with E-state index in [-0.39, 0.29) is 11.7 Å². The number of rotatable bonds is 5. The number of amides is 1. The number of nitrogens with zero attached hydrogens (tertiary/aromatic N) is 1. The summed E-state index contributed by atoms with van der Waals surface area (Å²) in [5, 5.41) is 10.9. The standard InChI is InChI=1S/C23H26N2O2/c1-14-7-8-15(2)23-22(14)20(16(3)24-23)12-21(27)25(18-9-10-18)13-17-5-4-6-19(26)11-17/h4-8,11,18,24,26H,9-10,12-13H2,1-3H3. The second-order valence-corrected chi connectivity index (χ2v) is 7.78. The van der Waals surface area contributed by atoms with E-state index >= 15 is 0 Å². The van der Waals surface area contributed by atoms with Crippen LogP contribution in [0.25, 0.3) is 10.9 Å². The van der Waals surface area contributed by atoms with E-state index < -0.39 is 0 Å². The maximum absolute atomic E-state index is 13.2. The zero-order chi connectivity index (χ0) is 19.1. The maximum Gasteiger partial charge on any atom is 0.227 e. The number of aromatic amines is 1. The van der Waals surface area contributed by atoms with Crippen LogP contribution in [-0.2, 0) is 17.8 Å². The van der Waals surface area contributed by atoms with E-state index in [4.69, 9.17) is 0 Å². The lowest BCUT2D eigenvalue weighted by molar-refractivity contribution is -0.131. The number of nitrogens with one attached hydrogen (secondary N) is 1. The van der Waals surface area contributed by atoms with Crippen LogP contribution in [0.3, 0.4) is 0 Å². The molecule has 0 unspecified atom stereocenters. The lowest BCUT2D eigenvalue weighted by atomic mass is 10.0. The number of phenols is 1. The quantitative estimate of drug-likeness (QED) is 0.700. The first-order chi connectivity index (χ1) is 12.9. The first kappa shape index (κ1) is 17.7. The van der Waals surface area contributed by atoms with Gasteiger partial charge in [0.05, 0.1) is 6.42 Å². The van der Waals surface area contributed by atoms with Crippen LogP contribution in [0, 0.1) is 20.8 Å². The van der Waals surface area contributed by atoms with Gasteiger partial charge in [-0.2, -0.15) is 0 Å². The van der Waals surface area contributed by atoms with Crippen molar-refractivity contribution in [2.24, 2.45) is 0 Å². The number of fused-ring (bicyclic) bond motifs is 1. The lowest BCUT2D eigenvalue weighted by Gasteiger charge is -2.23. The van der Waals surface area contributed by atoms with E-state index in [0.717, 1.165) is 35.2 Å². The molecule has 4 heteroatoms. The summed E-state index contributed by atoms with van der Waals surface area (Å²) < 4.78 is 0. The van der Waals surface area contributed by atoms with E-state index in [9.17, 15) is 9.90 Å². The highest BCUT2D eigenvalue weighted by Crippen LogP contribution is 2.32. The van der Waals surface area contributed by atoms with Crippen molar-refractivity contribution < 1.29 is 9.90 Å². The number of benzene rings is 2. The van der Waals surface area contributed by atoms with Gasteiger partial charge in [-0.25, -0.2) is 0 Å². The van der Waals surface area contributed by atoms with Crippen LogP contribution < -0.4 is 0 Å². The minimum Gasteiger partial charge on any atom is -0.508 e. The third kappa shape index (κ3) is 3.44. The molecule has 0 atom stereocenters. The molecule has 1 aliphatic carbocycles. The van der Waals surface area contributed by atoms with Crippen LogP contribution in [0.15, 0.2) is 36.4 Å². The highest BCUT2D eigenvalue weighted by molar-refractivity contribution is 5.94. The number of aromatic hydroxyl groups is 1. The molecule has 4 rings (SSSR count). The Balaban J connectivity index is 1.63. The second-order valence-electron chi connectivity index (χ2n) is 7.78. The fourth-order valence-electron chi connectivity index (χ4n) is 3.94. The van der Waals surface area contributed by atoms with Gasteiger partial charge in [-0.05, 0) is 68.0 Å². The minimum absolute atomic E-state index is 0.158. The van der Waals surface area contributed by atoms with E-state index in [1.165, 1.54) is 16.5 Å².